The van der Waals surface area contributed by atoms with Crippen molar-refractivity contribution >= 4 is 17.3 Å². The van der Waals surface area contributed by atoms with Crippen molar-refractivity contribution in [3.05, 3.63) is 53.1 Å². The summed E-state index contributed by atoms with van der Waals surface area (Å²) in [5.41, 5.74) is 6.20. The van der Waals surface area contributed by atoms with Crippen molar-refractivity contribution < 1.29 is 8.78 Å². The van der Waals surface area contributed by atoms with Gasteiger partial charge in [-0.3, -0.25) is 0 Å². The third kappa shape index (κ3) is 2.55. The molecule has 21 heavy (non-hydrogen) atoms. The van der Waals surface area contributed by atoms with Gasteiger partial charge in [0.15, 0.2) is 5.82 Å². The summed E-state index contributed by atoms with van der Waals surface area (Å²) >= 11 is 5.85. The lowest BCUT2D eigenvalue weighted by atomic mass is 10.2. The van der Waals surface area contributed by atoms with E-state index in [4.69, 9.17) is 17.3 Å². The molecule has 5 nitrogen and oxygen atoms in total. The Balaban J connectivity index is 2.19. The van der Waals surface area contributed by atoms with Crippen molar-refractivity contribution in [1.82, 2.24) is 20.2 Å². The van der Waals surface area contributed by atoms with Crippen LogP contribution in [-0.4, -0.2) is 20.2 Å². The summed E-state index contributed by atoms with van der Waals surface area (Å²) in [7, 11) is 0. The van der Waals surface area contributed by atoms with Crippen LogP contribution in [0.3, 0.4) is 0 Å². The summed E-state index contributed by atoms with van der Waals surface area (Å²) in [4.78, 5) is 0. The molecule has 0 saturated carbocycles. The summed E-state index contributed by atoms with van der Waals surface area (Å²) in [6.45, 7) is 0. The van der Waals surface area contributed by atoms with Crippen LogP contribution in [0, 0.1) is 11.6 Å². The molecule has 0 saturated heterocycles. The molecule has 0 amide bonds. The van der Waals surface area contributed by atoms with Crippen LogP contribution in [0.25, 0.3) is 17.1 Å². The molecule has 0 unspecified atom stereocenters. The van der Waals surface area contributed by atoms with E-state index < -0.39 is 11.6 Å². The van der Waals surface area contributed by atoms with Crippen LogP contribution in [-0.2, 0) is 0 Å². The van der Waals surface area contributed by atoms with Gasteiger partial charge in [-0.2, -0.15) is 4.68 Å². The molecule has 2 N–H and O–H groups in total. The fraction of sp³-hybridized carbons (Fsp3) is 0. The van der Waals surface area contributed by atoms with Gasteiger partial charge in [-0.15, -0.1) is 5.10 Å². The molecule has 3 aromatic rings. The Bertz CT molecular complexity index is 798. The van der Waals surface area contributed by atoms with Gasteiger partial charge < -0.3 is 5.73 Å². The van der Waals surface area contributed by atoms with Crippen molar-refractivity contribution in [1.29, 1.82) is 0 Å². The van der Waals surface area contributed by atoms with Crippen LogP contribution in [0.15, 0.2) is 36.4 Å². The highest BCUT2D eigenvalue weighted by atomic mass is 35.5. The summed E-state index contributed by atoms with van der Waals surface area (Å²) in [6.07, 6.45) is 0. The number of aromatic nitrogens is 4. The van der Waals surface area contributed by atoms with Crippen LogP contribution in [0.5, 0.6) is 0 Å². The van der Waals surface area contributed by atoms with Gasteiger partial charge >= 0.3 is 0 Å². The van der Waals surface area contributed by atoms with Gasteiger partial charge in [-0.1, -0.05) is 11.6 Å². The maximum Gasteiger partial charge on any atom is 0.187 e. The lowest BCUT2D eigenvalue weighted by Gasteiger charge is -2.07. The summed E-state index contributed by atoms with van der Waals surface area (Å²) < 4.78 is 28.5. The predicted octanol–water partition coefficient (Wildman–Crippen LogP) is 2.84. The molecule has 0 aliphatic heterocycles. The number of nitrogen functional groups attached to an aromatic ring is 1. The number of halogens is 3. The zero-order chi connectivity index (χ0) is 15.0. The number of benzene rings is 2. The van der Waals surface area contributed by atoms with Crippen LogP contribution in [0.4, 0.5) is 14.5 Å². The zero-order valence-electron chi connectivity index (χ0n) is 10.5. The van der Waals surface area contributed by atoms with E-state index in [-0.39, 0.29) is 17.2 Å². The largest absolute Gasteiger partial charge is 0.399 e. The van der Waals surface area contributed by atoms with Gasteiger partial charge in [0.2, 0.25) is 0 Å². The average Bonchev–Trinajstić information content (AvgIpc) is 2.89. The van der Waals surface area contributed by atoms with Gasteiger partial charge in [0.25, 0.3) is 0 Å². The second-order valence-corrected chi connectivity index (χ2v) is 4.72. The normalized spacial score (nSPS) is 10.8. The molecule has 1 aromatic heterocycles. The molecule has 0 spiro atoms. The Morgan fingerprint density at radius 1 is 1.10 bits per heavy atom. The van der Waals surface area contributed by atoms with Crippen molar-refractivity contribution in [2.45, 2.75) is 0 Å². The molecule has 0 bridgehead atoms. The number of nitrogens with two attached hydrogens (primary N) is 1. The Morgan fingerprint density at radius 3 is 2.67 bits per heavy atom. The zero-order valence-corrected chi connectivity index (χ0v) is 11.2. The quantitative estimate of drug-likeness (QED) is 0.739. The fourth-order valence-electron chi connectivity index (χ4n) is 1.92. The van der Waals surface area contributed by atoms with Crippen LogP contribution >= 0.6 is 11.6 Å². The number of hydrogen-bond donors (Lipinski definition) is 1. The topological polar surface area (TPSA) is 69.6 Å². The maximum atomic E-state index is 13.9. The van der Waals surface area contributed by atoms with Gasteiger partial charge in [0, 0.05) is 16.3 Å². The van der Waals surface area contributed by atoms with Crippen molar-refractivity contribution in [2.75, 3.05) is 5.73 Å². The minimum absolute atomic E-state index is 0.0605. The first-order valence-corrected chi connectivity index (χ1v) is 6.22. The Kier molecular flexibility index (Phi) is 3.26. The van der Waals surface area contributed by atoms with E-state index in [0.717, 1.165) is 10.7 Å². The Labute approximate surface area is 123 Å². The maximum absolute atomic E-state index is 13.9. The first kappa shape index (κ1) is 13.4. The van der Waals surface area contributed by atoms with Gasteiger partial charge in [0.1, 0.15) is 17.3 Å². The number of anilines is 1. The smallest absolute Gasteiger partial charge is 0.187 e. The average molecular weight is 308 g/mol. The van der Waals surface area contributed by atoms with Crippen LogP contribution < -0.4 is 5.73 Å². The molecule has 0 aliphatic rings. The van der Waals surface area contributed by atoms with Crippen LogP contribution in [0.1, 0.15) is 0 Å². The predicted molar refractivity (Wildman–Crippen MR) is 73.9 cm³/mol. The number of rotatable bonds is 2. The fourth-order valence-corrected chi connectivity index (χ4v) is 2.09. The number of tetrazole rings is 1. The molecule has 8 heteroatoms. The van der Waals surface area contributed by atoms with Gasteiger partial charge in [-0.05, 0) is 46.8 Å². The van der Waals surface area contributed by atoms with Crippen molar-refractivity contribution in [2.24, 2.45) is 0 Å². The second kappa shape index (κ2) is 5.10. The lowest BCUT2D eigenvalue weighted by Crippen LogP contribution is -2.03. The second-order valence-electron chi connectivity index (χ2n) is 4.28. The van der Waals surface area contributed by atoms with Crippen LogP contribution in [0.2, 0.25) is 5.02 Å². The Morgan fingerprint density at radius 2 is 1.90 bits per heavy atom. The Hall–Kier alpha value is -2.54. The van der Waals surface area contributed by atoms with Gasteiger partial charge in [0.05, 0.1) is 0 Å². The highest BCUT2D eigenvalue weighted by molar-refractivity contribution is 6.30. The highest BCUT2D eigenvalue weighted by Crippen LogP contribution is 2.25. The highest BCUT2D eigenvalue weighted by Gasteiger charge is 2.15. The monoisotopic (exact) mass is 307 g/mol. The number of hydrogen-bond acceptors (Lipinski definition) is 4. The van der Waals surface area contributed by atoms with Crippen molar-refractivity contribution in [3.8, 4) is 17.1 Å². The molecule has 0 fully saturated rings. The molecular formula is C13H8ClF2N5. The van der Waals surface area contributed by atoms with E-state index in [2.05, 4.69) is 15.5 Å². The van der Waals surface area contributed by atoms with E-state index in [1.807, 2.05) is 0 Å². The third-order valence-electron chi connectivity index (χ3n) is 2.78. The summed E-state index contributed by atoms with van der Waals surface area (Å²) in [5.74, 6) is -0.939. The SMILES string of the molecule is Nc1cc(F)cc(-c2nnnn2-c2cc(Cl)ccc2F)c1. The molecule has 106 valence electrons. The molecule has 2 aromatic carbocycles. The molecule has 3 rings (SSSR count). The van der Waals surface area contributed by atoms with E-state index >= 15 is 0 Å². The number of nitrogens with zero attached hydrogens (tertiary/aromatic N) is 4. The summed E-state index contributed by atoms with van der Waals surface area (Å²) in [6, 6.07) is 7.85. The van der Waals surface area contributed by atoms with E-state index in [9.17, 15) is 8.78 Å². The first-order chi connectivity index (χ1) is 10.0. The first-order valence-electron chi connectivity index (χ1n) is 5.85. The minimum Gasteiger partial charge on any atom is -0.399 e. The van der Waals surface area contributed by atoms with E-state index in [1.54, 1.807) is 0 Å². The summed E-state index contributed by atoms with van der Waals surface area (Å²) in [5, 5.41) is 11.3. The van der Waals surface area contributed by atoms with E-state index in [0.29, 0.717) is 10.6 Å². The van der Waals surface area contributed by atoms with E-state index in [1.165, 1.54) is 30.3 Å². The molecule has 0 aliphatic carbocycles. The molecule has 1 heterocycles. The minimum atomic E-state index is -0.558. The third-order valence-corrected chi connectivity index (χ3v) is 3.02. The molecule has 0 atom stereocenters. The standard InChI is InChI=1S/C13H8ClF2N5/c14-8-1-2-11(16)12(5-8)21-13(18-19-20-21)7-3-9(15)6-10(17)4-7/h1-6H,17H2. The van der Waals surface area contributed by atoms with Gasteiger partial charge in [-0.25, -0.2) is 8.78 Å². The molecule has 0 radical (unpaired) electrons. The van der Waals surface area contributed by atoms with Crippen molar-refractivity contribution in [3.63, 3.8) is 0 Å². The molecular weight excluding hydrogens is 300 g/mol. The lowest BCUT2D eigenvalue weighted by molar-refractivity contribution is 0.607.